The first-order chi connectivity index (χ1) is 11.2. The lowest BCUT2D eigenvalue weighted by Gasteiger charge is -2.20. The first kappa shape index (κ1) is 19.4. The molecule has 1 atom stereocenters. The Kier molecular flexibility index (Phi) is 6.83. The molecule has 1 aliphatic rings. The van der Waals surface area contributed by atoms with Gasteiger partial charge in [0.15, 0.2) is 9.84 Å². The summed E-state index contributed by atoms with van der Waals surface area (Å²) in [7, 11) is -3.46. The van der Waals surface area contributed by atoms with Gasteiger partial charge in [0, 0.05) is 23.6 Å². The Bertz CT molecular complexity index is 676. The van der Waals surface area contributed by atoms with Gasteiger partial charge < -0.3 is 10.2 Å². The van der Waals surface area contributed by atoms with Crippen molar-refractivity contribution >= 4 is 31.7 Å². The second kappa shape index (κ2) is 8.45. The van der Waals surface area contributed by atoms with Crippen molar-refractivity contribution in [1.82, 2.24) is 10.2 Å². The van der Waals surface area contributed by atoms with Gasteiger partial charge in [0.25, 0.3) is 0 Å². The number of amides is 1. The van der Waals surface area contributed by atoms with Crippen LogP contribution in [0, 0.1) is 5.92 Å². The van der Waals surface area contributed by atoms with Crippen molar-refractivity contribution in [3.8, 4) is 0 Å². The number of rotatable bonds is 7. The monoisotopic (exact) mass is 416 g/mol. The quantitative estimate of drug-likeness (QED) is 0.739. The third-order valence-electron chi connectivity index (χ3n) is 4.26. The second-order valence-corrected chi connectivity index (χ2v) is 9.69. The fraction of sp³-hybridized carbons (Fsp3) is 0.588. The summed E-state index contributed by atoms with van der Waals surface area (Å²) in [6.07, 6.45) is 1.04. The molecule has 1 fully saturated rings. The molecule has 24 heavy (non-hydrogen) atoms. The van der Waals surface area contributed by atoms with Crippen LogP contribution in [-0.4, -0.2) is 50.7 Å². The maximum atomic E-state index is 12.2. The minimum atomic E-state index is -3.46. The molecule has 1 amide bonds. The van der Waals surface area contributed by atoms with Gasteiger partial charge in [0.05, 0.1) is 5.75 Å². The van der Waals surface area contributed by atoms with Gasteiger partial charge in [-0.05, 0) is 50.4 Å². The van der Waals surface area contributed by atoms with E-state index in [-0.39, 0.29) is 5.75 Å². The minimum absolute atomic E-state index is 0.121. The van der Waals surface area contributed by atoms with Crippen molar-refractivity contribution in [3.63, 3.8) is 0 Å². The van der Waals surface area contributed by atoms with Crippen LogP contribution in [0.15, 0.2) is 28.7 Å². The molecule has 0 bridgehead atoms. The van der Waals surface area contributed by atoms with Gasteiger partial charge in [0.1, 0.15) is 5.75 Å². The van der Waals surface area contributed by atoms with E-state index < -0.39 is 21.5 Å². The van der Waals surface area contributed by atoms with Crippen LogP contribution in [-0.2, 0) is 20.4 Å². The molecule has 0 saturated carbocycles. The lowest BCUT2D eigenvalue weighted by Crippen LogP contribution is -2.36. The minimum Gasteiger partial charge on any atom is -0.355 e. The number of benzene rings is 1. The highest BCUT2D eigenvalue weighted by atomic mass is 79.9. The number of hydrogen-bond donors (Lipinski definition) is 1. The second-order valence-electron chi connectivity index (χ2n) is 6.71. The molecule has 1 aromatic rings. The summed E-state index contributed by atoms with van der Waals surface area (Å²) in [4.78, 5) is 14.4. The van der Waals surface area contributed by atoms with Crippen LogP contribution in [0.25, 0.3) is 0 Å². The fourth-order valence-corrected chi connectivity index (χ4v) is 4.68. The Hall–Kier alpha value is -0.920. The molecule has 2 rings (SSSR count). The van der Waals surface area contributed by atoms with Crippen LogP contribution in [0.3, 0.4) is 0 Å². The van der Waals surface area contributed by atoms with Gasteiger partial charge >= 0.3 is 0 Å². The van der Waals surface area contributed by atoms with E-state index in [2.05, 4.69) is 40.0 Å². The zero-order valence-corrected chi connectivity index (χ0v) is 16.6. The molecule has 1 unspecified atom stereocenters. The van der Waals surface area contributed by atoms with E-state index in [9.17, 15) is 13.2 Å². The summed E-state index contributed by atoms with van der Waals surface area (Å²) in [5.74, 6) is -0.581. The highest BCUT2D eigenvalue weighted by molar-refractivity contribution is 9.10. The SMILES string of the molecule is CC(C)N1CCC(CNC(=O)CS(=O)(=O)Cc2cccc(Br)c2)C1. The number of halogens is 1. The van der Waals surface area contributed by atoms with Crippen molar-refractivity contribution < 1.29 is 13.2 Å². The molecule has 1 aromatic carbocycles. The number of likely N-dealkylation sites (tertiary alicyclic amines) is 1. The van der Waals surface area contributed by atoms with Crippen molar-refractivity contribution in [2.75, 3.05) is 25.4 Å². The molecule has 5 nitrogen and oxygen atoms in total. The molecule has 1 N–H and O–H groups in total. The van der Waals surface area contributed by atoms with E-state index in [0.29, 0.717) is 24.1 Å². The molecular formula is C17H25BrN2O3S. The Morgan fingerprint density at radius 2 is 2.17 bits per heavy atom. The number of nitrogens with one attached hydrogen (secondary N) is 1. The summed E-state index contributed by atoms with van der Waals surface area (Å²) in [5.41, 5.74) is 0.681. The summed E-state index contributed by atoms with van der Waals surface area (Å²) >= 11 is 3.32. The number of hydrogen-bond acceptors (Lipinski definition) is 4. The van der Waals surface area contributed by atoms with Crippen LogP contribution < -0.4 is 5.32 Å². The smallest absolute Gasteiger partial charge is 0.235 e. The predicted molar refractivity (Wildman–Crippen MR) is 99.5 cm³/mol. The van der Waals surface area contributed by atoms with E-state index in [0.717, 1.165) is 24.0 Å². The fourth-order valence-electron chi connectivity index (χ4n) is 2.94. The van der Waals surface area contributed by atoms with E-state index in [4.69, 9.17) is 0 Å². The topological polar surface area (TPSA) is 66.5 Å². The van der Waals surface area contributed by atoms with Crippen LogP contribution in [0.4, 0.5) is 0 Å². The molecule has 0 spiro atoms. The van der Waals surface area contributed by atoms with Crippen molar-refractivity contribution in [2.45, 2.75) is 32.1 Å². The lowest BCUT2D eigenvalue weighted by atomic mass is 10.1. The molecule has 0 aliphatic carbocycles. The number of carbonyl (C=O) groups is 1. The Morgan fingerprint density at radius 1 is 1.42 bits per heavy atom. The average molecular weight is 417 g/mol. The molecule has 1 aliphatic heterocycles. The van der Waals surface area contributed by atoms with Crippen molar-refractivity contribution in [2.24, 2.45) is 5.92 Å². The van der Waals surface area contributed by atoms with E-state index in [1.165, 1.54) is 0 Å². The van der Waals surface area contributed by atoms with Gasteiger partial charge in [-0.2, -0.15) is 0 Å². The van der Waals surface area contributed by atoms with Gasteiger partial charge in [-0.3, -0.25) is 4.79 Å². The Morgan fingerprint density at radius 3 is 2.79 bits per heavy atom. The summed E-state index contributed by atoms with van der Waals surface area (Å²) in [5, 5.41) is 2.78. The molecule has 0 radical (unpaired) electrons. The third-order valence-corrected chi connectivity index (χ3v) is 6.23. The molecule has 1 saturated heterocycles. The highest BCUT2D eigenvalue weighted by Gasteiger charge is 2.25. The van der Waals surface area contributed by atoms with Gasteiger partial charge in [0.2, 0.25) is 5.91 Å². The number of carbonyl (C=O) groups excluding carboxylic acids is 1. The van der Waals surface area contributed by atoms with Crippen LogP contribution in [0.2, 0.25) is 0 Å². The maximum absolute atomic E-state index is 12.2. The van der Waals surface area contributed by atoms with Crippen molar-refractivity contribution in [3.05, 3.63) is 34.3 Å². The standard InChI is InChI=1S/C17H25BrN2O3S/c1-13(2)20-7-6-15(10-20)9-19-17(21)12-24(22,23)11-14-4-3-5-16(18)8-14/h3-5,8,13,15H,6-7,9-12H2,1-2H3,(H,19,21). The lowest BCUT2D eigenvalue weighted by molar-refractivity contribution is -0.118. The Balaban J connectivity index is 1.79. The maximum Gasteiger partial charge on any atom is 0.235 e. The molecule has 7 heteroatoms. The summed E-state index contributed by atoms with van der Waals surface area (Å²) in [6.45, 7) is 6.88. The molecule has 1 heterocycles. The Labute approximate surface area is 152 Å². The molecule has 0 aromatic heterocycles. The van der Waals surface area contributed by atoms with E-state index in [1.807, 2.05) is 6.07 Å². The van der Waals surface area contributed by atoms with Gasteiger partial charge in [-0.15, -0.1) is 0 Å². The van der Waals surface area contributed by atoms with Crippen molar-refractivity contribution in [1.29, 1.82) is 0 Å². The first-order valence-corrected chi connectivity index (χ1v) is 10.8. The average Bonchev–Trinajstić information content (AvgIpc) is 2.93. The largest absolute Gasteiger partial charge is 0.355 e. The van der Waals surface area contributed by atoms with Crippen LogP contribution >= 0.6 is 15.9 Å². The van der Waals surface area contributed by atoms with E-state index in [1.54, 1.807) is 18.2 Å². The number of sulfone groups is 1. The molecule has 134 valence electrons. The molecular weight excluding hydrogens is 392 g/mol. The summed E-state index contributed by atoms with van der Waals surface area (Å²) < 4.78 is 25.2. The summed E-state index contributed by atoms with van der Waals surface area (Å²) in [6, 6.07) is 7.64. The normalized spacial score (nSPS) is 18.9. The van der Waals surface area contributed by atoms with Gasteiger partial charge in [-0.25, -0.2) is 8.42 Å². The van der Waals surface area contributed by atoms with E-state index >= 15 is 0 Å². The highest BCUT2D eigenvalue weighted by Crippen LogP contribution is 2.18. The first-order valence-electron chi connectivity index (χ1n) is 8.21. The van der Waals surface area contributed by atoms with Crippen LogP contribution in [0.1, 0.15) is 25.8 Å². The predicted octanol–water partition coefficient (Wildman–Crippen LogP) is 2.21. The zero-order chi connectivity index (χ0) is 17.7. The zero-order valence-electron chi connectivity index (χ0n) is 14.2. The van der Waals surface area contributed by atoms with Gasteiger partial charge in [-0.1, -0.05) is 28.1 Å². The number of nitrogens with zero attached hydrogens (tertiary/aromatic N) is 1. The van der Waals surface area contributed by atoms with Crippen LogP contribution in [0.5, 0.6) is 0 Å². The third kappa shape index (κ3) is 6.18.